The summed E-state index contributed by atoms with van der Waals surface area (Å²) < 4.78 is 0. The molecule has 0 heteroatoms. The number of aryl methyl sites for hydroxylation is 1. The van der Waals surface area contributed by atoms with Crippen LogP contribution >= 0.6 is 0 Å². The fraction of sp³-hybridized carbons (Fsp3) is 0.125. The molecule has 80 valence electrons. The van der Waals surface area contributed by atoms with Gasteiger partial charge in [-0.3, -0.25) is 0 Å². The molecular weight excluding hydrogens is 192 g/mol. The van der Waals surface area contributed by atoms with Crippen molar-refractivity contribution >= 4 is 0 Å². The standard InChI is InChI=1S/C16H16/c1-3-4-14-7-11-16(12-8-14)15-9-5-13(2)6-10-15/h3,5-12H,1,4H2,2H3. The van der Waals surface area contributed by atoms with Gasteiger partial charge in [0.2, 0.25) is 0 Å². The van der Waals surface area contributed by atoms with Crippen LogP contribution in [0.2, 0.25) is 0 Å². The number of hydrogen-bond acceptors (Lipinski definition) is 0. The largest absolute Gasteiger partial charge is 0.103 e. The fourth-order valence-corrected chi connectivity index (χ4v) is 1.75. The van der Waals surface area contributed by atoms with Gasteiger partial charge in [-0.25, -0.2) is 0 Å². The maximum Gasteiger partial charge on any atom is -0.0100 e. The number of rotatable bonds is 3. The molecule has 2 rings (SSSR count). The highest BCUT2D eigenvalue weighted by Crippen LogP contribution is 2.20. The van der Waals surface area contributed by atoms with E-state index < -0.39 is 0 Å². The summed E-state index contributed by atoms with van der Waals surface area (Å²) in [4.78, 5) is 0. The second kappa shape index (κ2) is 4.80. The molecule has 0 bridgehead atoms. The fourth-order valence-electron chi connectivity index (χ4n) is 1.75. The van der Waals surface area contributed by atoms with E-state index in [0.29, 0.717) is 0 Å². The third-order valence-corrected chi connectivity index (χ3v) is 2.72. The van der Waals surface area contributed by atoms with E-state index in [1.165, 1.54) is 22.3 Å². The van der Waals surface area contributed by atoms with Crippen molar-refractivity contribution in [3.63, 3.8) is 0 Å². The lowest BCUT2D eigenvalue weighted by atomic mass is 10.0. The molecule has 0 saturated heterocycles. The van der Waals surface area contributed by atoms with Gasteiger partial charge in [-0.1, -0.05) is 60.2 Å². The van der Waals surface area contributed by atoms with E-state index in [4.69, 9.17) is 0 Å². The zero-order chi connectivity index (χ0) is 11.4. The molecule has 0 aliphatic carbocycles. The molecule has 0 radical (unpaired) electrons. The van der Waals surface area contributed by atoms with Crippen LogP contribution in [-0.4, -0.2) is 0 Å². The Morgan fingerprint density at radius 2 is 1.38 bits per heavy atom. The summed E-state index contributed by atoms with van der Waals surface area (Å²) >= 11 is 0. The van der Waals surface area contributed by atoms with E-state index in [9.17, 15) is 0 Å². The predicted octanol–water partition coefficient (Wildman–Crippen LogP) is 4.39. The van der Waals surface area contributed by atoms with Gasteiger partial charge in [-0.15, -0.1) is 6.58 Å². The molecule has 0 nitrogen and oxygen atoms in total. The van der Waals surface area contributed by atoms with Crippen LogP contribution in [-0.2, 0) is 6.42 Å². The molecule has 0 fully saturated rings. The first-order valence-corrected chi connectivity index (χ1v) is 5.56. The molecule has 0 aliphatic rings. The van der Waals surface area contributed by atoms with E-state index in [2.05, 4.69) is 62.0 Å². The van der Waals surface area contributed by atoms with Crippen molar-refractivity contribution in [3.05, 3.63) is 72.3 Å². The summed E-state index contributed by atoms with van der Waals surface area (Å²) in [5.41, 5.74) is 5.15. The Labute approximate surface area is 97.3 Å². The Bertz CT molecular complexity index is 460. The monoisotopic (exact) mass is 208 g/mol. The molecule has 0 aromatic heterocycles. The number of hydrogen-bond donors (Lipinski definition) is 0. The molecule has 0 amide bonds. The zero-order valence-corrected chi connectivity index (χ0v) is 9.61. The first-order valence-electron chi connectivity index (χ1n) is 5.56. The predicted molar refractivity (Wildman–Crippen MR) is 70.5 cm³/mol. The maximum atomic E-state index is 3.75. The van der Waals surface area contributed by atoms with Gasteiger partial charge in [-0.2, -0.15) is 0 Å². The minimum absolute atomic E-state index is 0.939. The van der Waals surface area contributed by atoms with Gasteiger partial charge >= 0.3 is 0 Å². The summed E-state index contributed by atoms with van der Waals surface area (Å²) in [7, 11) is 0. The lowest BCUT2D eigenvalue weighted by Crippen LogP contribution is -1.82. The molecule has 0 atom stereocenters. The second-order valence-corrected chi connectivity index (χ2v) is 4.06. The zero-order valence-electron chi connectivity index (χ0n) is 9.61. The first-order chi connectivity index (χ1) is 7.79. The molecule has 2 aromatic carbocycles. The van der Waals surface area contributed by atoms with Crippen LogP contribution < -0.4 is 0 Å². The Morgan fingerprint density at radius 3 is 1.88 bits per heavy atom. The molecule has 0 spiro atoms. The van der Waals surface area contributed by atoms with Crippen molar-refractivity contribution in [1.82, 2.24) is 0 Å². The molecule has 2 aromatic rings. The van der Waals surface area contributed by atoms with Gasteiger partial charge in [0.25, 0.3) is 0 Å². The molecule has 0 saturated carbocycles. The second-order valence-electron chi connectivity index (χ2n) is 4.06. The first kappa shape index (κ1) is 10.7. The normalized spacial score (nSPS) is 10.1. The Balaban J connectivity index is 2.27. The maximum absolute atomic E-state index is 3.75. The van der Waals surface area contributed by atoms with Crippen LogP contribution in [0, 0.1) is 6.92 Å². The molecule has 0 aliphatic heterocycles. The smallest absolute Gasteiger partial charge is 0.0100 e. The minimum atomic E-state index is 0.939. The van der Waals surface area contributed by atoms with Gasteiger partial charge in [0.1, 0.15) is 0 Å². The van der Waals surface area contributed by atoms with Crippen LogP contribution in [0.1, 0.15) is 11.1 Å². The van der Waals surface area contributed by atoms with Crippen LogP contribution in [0.5, 0.6) is 0 Å². The van der Waals surface area contributed by atoms with E-state index in [1.54, 1.807) is 0 Å². The topological polar surface area (TPSA) is 0 Å². The highest BCUT2D eigenvalue weighted by molar-refractivity contribution is 5.63. The van der Waals surface area contributed by atoms with Crippen molar-refractivity contribution in [1.29, 1.82) is 0 Å². The average molecular weight is 208 g/mol. The van der Waals surface area contributed by atoms with Crippen LogP contribution in [0.3, 0.4) is 0 Å². The molecule has 0 N–H and O–H groups in total. The SMILES string of the molecule is C=CCc1ccc(-c2ccc(C)cc2)cc1. The Hall–Kier alpha value is -1.82. The van der Waals surface area contributed by atoms with Gasteiger partial charge in [-0.05, 0) is 30.0 Å². The highest BCUT2D eigenvalue weighted by atomic mass is 14.0. The third kappa shape index (κ3) is 2.40. The molecule has 0 heterocycles. The van der Waals surface area contributed by atoms with Crippen molar-refractivity contribution < 1.29 is 0 Å². The van der Waals surface area contributed by atoms with Gasteiger partial charge in [0, 0.05) is 0 Å². The summed E-state index contributed by atoms with van der Waals surface area (Å²) in [6.45, 7) is 5.85. The van der Waals surface area contributed by atoms with Crippen molar-refractivity contribution in [2.75, 3.05) is 0 Å². The Morgan fingerprint density at radius 1 is 0.875 bits per heavy atom. The van der Waals surface area contributed by atoms with Crippen molar-refractivity contribution in [2.24, 2.45) is 0 Å². The van der Waals surface area contributed by atoms with E-state index in [-0.39, 0.29) is 0 Å². The highest BCUT2D eigenvalue weighted by Gasteiger charge is 1.96. The van der Waals surface area contributed by atoms with Crippen molar-refractivity contribution in [3.8, 4) is 11.1 Å². The summed E-state index contributed by atoms with van der Waals surface area (Å²) in [5.74, 6) is 0. The van der Waals surface area contributed by atoms with Gasteiger partial charge in [0.05, 0.1) is 0 Å². The average Bonchev–Trinajstić information content (AvgIpc) is 2.32. The summed E-state index contributed by atoms with van der Waals surface area (Å²) in [6, 6.07) is 17.3. The van der Waals surface area contributed by atoms with Crippen LogP contribution in [0.4, 0.5) is 0 Å². The van der Waals surface area contributed by atoms with E-state index in [1.807, 2.05) is 6.08 Å². The Kier molecular flexibility index (Phi) is 3.21. The lowest BCUT2D eigenvalue weighted by molar-refractivity contribution is 1.28. The van der Waals surface area contributed by atoms with E-state index in [0.717, 1.165) is 6.42 Å². The summed E-state index contributed by atoms with van der Waals surface area (Å²) in [5, 5.41) is 0. The third-order valence-electron chi connectivity index (χ3n) is 2.72. The minimum Gasteiger partial charge on any atom is -0.103 e. The lowest BCUT2D eigenvalue weighted by Gasteiger charge is -2.03. The molecular formula is C16H16. The number of allylic oxidation sites excluding steroid dienone is 1. The van der Waals surface area contributed by atoms with Gasteiger partial charge in [0.15, 0.2) is 0 Å². The number of benzene rings is 2. The van der Waals surface area contributed by atoms with Crippen LogP contribution in [0.25, 0.3) is 11.1 Å². The molecule has 16 heavy (non-hydrogen) atoms. The van der Waals surface area contributed by atoms with E-state index >= 15 is 0 Å². The van der Waals surface area contributed by atoms with Crippen molar-refractivity contribution in [2.45, 2.75) is 13.3 Å². The quantitative estimate of drug-likeness (QED) is 0.656. The summed E-state index contributed by atoms with van der Waals surface area (Å²) in [6.07, 6.45) is 2.87. The van der Waals surface area contributed by atoms with Gasteiger partial charge < -0.3 is 0 Å². The van der Waals surface area contributed by atoms with Crippen LogP contribution in [0.15, 0.2) is 61.2 Å². The molecule has 0 unspecified atom stereocenters.